The maximum atomic E-state index is 9.26. The first kappa shape index (κ1) is 6.53. The highest BCUT2D eigenvalue weighted by Gasteiger charge is 2.12. The van der Waals surface area contributed by atoms with Gasteiger partial charge in [0.1, 0.15) is 5.75 Å². The number of benzene rings is 1. The fraction of sp³-hybridized carbons (Fsp3) is 0.333. The molecular weight excluding hydrogens is 138 g/mol. The molecule has 2 heteroatoms. The van der Waals surface area contributed by atoms with E-state index in [4.69, 9.17) is 5.73 Å². The van der Waals surface area contributed by atoms with Crippen LogP contribution in [0.15, 0.2) is 12.1 Å². The molecule has 1 aromatic rings. The Balaban J connectivity index is 2.57. The second-order valence-corrected chi connectivity index (χ2v) is 3.03. The van der Waals surface area contributed by atoms with Gasteiger partial charge in [-0.25, -0.2) is 0 Å². The lowest BCUT2D eigenvalue weighted by Crippen LogP contribution is -1.89. The molecule has 2 nitrogen and oxygen atoms in total. The van der Waals surface area contributed by atoms with Crippen LogP contribution in [0.25, 0.3) is 0 Å². The van der Waals surface area contributed by atoms with Gasteiger partial charge in [-0.2, -0.15) is 0 Å². The molecule has 58 valence electrons. The monoisotopic (exact) mass is 149 g/mol. The molecule has 0 aliphatic heterocycles. The van der Waals surface area contributed by atoms with E-state index in [1.165, 1.54) is 17.5 Å². The Morgan fingerprint density at radius 2 is 1.82 bits per heavy atom. The molecule has 0 bridgehead atoms. The van der Waals surface area contributed by atoms with E-state index >= 15 is 0 Å². The number of aryl methyl sites for hydroxylation is 2. The lowest BCUT2D eigenvalue weighted by molar-refractivity contribution is 0.477. The van der Waals surface area contributed by atoms with Gasteiger partial charge in [-0.3, -0.25) is 0 Å². The Kier molecular flexibility index (Phi) is 1.28. The van der Waals surface area contributed by atoms with Gasteiger partial charge in [-0.1, -0.05) is 0 Å². The molecule has 2 rings (SSSR count). The first-order chi connectivity index (χ1) is 5.27. The zero-order valence-corrected chi connectivity index (χ0v) is 6.30. The van der Waals surface area contributed by atoms with Crippen LogP contribution in [0.5, 0.6) is 5.75 Å². The number of rotatable bonds is 0. The average molecular weight is 149 g/mol. The van der Waals surface area contributed by atoms with Gasteiger partial charge in [-0.05, 0) is 42.5 Å². The second-order valence-electron chi connectivity index (χ2n) is 3.03. The third-order valence-corrected chi connectivity index (χ3v) is 2.24. The van der Waals surface area contributed by atoms with Crippen LogP contribution < -0.4 is 5.73 Å². The summed E-state index contributed by atoms with van der Waals surface area (Å²) in [7, 11) is 0. The zero-order valence-electron chi connectivity index (χ0n) is 6.30. The van der Waals surface area contributed by atoms with Crippen molar-refractivity contribution in [1.82, 2.24) is 0 Å². The van der Waals surface area contributed by atoms with Gasteiger partial charge in [-0.15, -0.1) is 0 Å². The van der Waals surface area contributed by atoms with E-state index in [1.807, 2.05) is 6.07 Å². The summed E-state index contributed by atoms with van der Waals surface area (Å²) in [5, 5.41) is 9.26. The molecule has 0 fully saturated rings. The molecule has 1 aliphatic carbocycles. The molecule has 1 aromatic carbocycles. The van der Waals surface area contributed by atoms with Crippen LogP contribution in [0, 0.1) is 0 Å². The summed E-state index contributed by atoms with van der Waals surface area (Å²) in [6.45, 7) is 0. The van der Waals surface area contributed by atoms with E-state index < -0.39 is 0 Å². The first-order valence-corrected chi connectivity index (χ1v) is 3.87. The molecule has 0 radical (unpaired) electrons. The number of phenolic OH excluding ortho intramolecular Hbond substituents is 1. The van der Waals surface area contributed by atoms with Crippen LogP contribution in [0.1, 0.15) is 17.5 Å². The molecule has 3 N–H and O–H groups in total. The molecule has 1 aliphatic rings. The van der Waals surface area contributed by atoms with Gasteiger partial charge in [0, 0.05) is 0 Å². The number of nitrogens with two attached hydrogens (primary N) is 1. The van der Waals surface area contributed by atoms with E-state index in [-0.39, 0.29) is 5.75 Å². The zero-order chi connectivity index (χ0) is 7.84. The predicted molar refractivity (Wildman–Crippen MR) is 44.5 cm³/mol. The van der Waals surface area contributed by atoms with Crippen molar-refractivity contribution < 1.29 is 5.11 Å². The molecule has 0 heterocycles. The third kappa shape index (κ3) is 0.946. The maximum Gasteiger partial charge on any atom is 0.138 e. The summed E-state index contributed by atoms with van der Waals surface area (Å²) in [5.41, 5.74) is 8.61. The predicted octanol–water partition coefficient (Wildman–Crippen LogP) is 1.46. The van der Waals surface area contributed by atoms with Crippen LogP contribution in [0.3, 0.4) is 0 Å². The number of anilines is 1. The SMILES string of the molecule is Nc1cc2c(cc1O)CCC2. The molecule has 0 aromatic heterocycles. The largest absolute Gasteiger partial charge is 0.506 e. The summed E-state index contributed by atoms with van der Waals surface area (Å²) in [6.07, 6.45) is 3.39. The third-order valence-electron chi connectivity index (χ3n) is 2.24. The summed E-state index contributed by atoms with van der Waals surface area (Å²) in [4.78, 5) is 0. The fourth-order valence-corrected chi connectivity index (χ4v) is 1.63. The molecule has 0 unspecified atom stereocenters. The van der Waals surface area contributed by atoms with E-state index in [9.17, 15) is 5.11 Å². The van der Waals surface area contributed by atoms with Crippen molar-refractivity contribution in [3.63, 3.8) is 0 Å². The maximum absolute atomic E-state index is 9.26. The number of aromatic hydroxyl groups is 1. The molecule has 0 saturated heterocycles. The Morgan fingerprint density at radius 1 is 1.18 bits per heavy atom. The molecule has 0 saturated carbocycles. The van der Waals surface area contributed by atoms with E-state index in [1.54, 1.807) is 6.07 Å². The highest BCUT2D eigenvalue weighted by atomic mass is 16.3. The van der Waals surface area contributed by atoms with Crippen molar-refractivity contribution in [2.24, 2.45) is 0 Å². The van der Waals surface area contributed by atoms with Crippen molar-refractivity contribution in [1.29, 1.82) is 0 Å². The Hall–Kier alpha value is -1.18. The van der Waals surface area contributed by atoms with Gasteiger partial charge in [0.05, 0.1) is 5.69 Å². The van der Waals surface area contributed by atoms with Crippen LogP contribution >= 0.6 is 0 Å². The van der Waals surface area contributed by atoms with Crippen LogP contribution in [-0.4, -0.2) is 5.11 Å². The minimum Gasteiger partial charge on any atom is -0.506 e. The second kappa shape index (κ2) is 2.16. The van der Waals surface area contributed by atoms with Crippen molar-refractivity contribution in [3.05, 3.63) is 23.3 Å². The van der Waals surface area contributed by atoms with Crippen molar-refractivity contribution in [3.8, 4) is 5.75 Å². The topological polar surface area (TPSA) is 46.2 Å². The summed E-state index contributed by atoms with van der Waals surface area (Å²) in [6, 6.07) is 3.68. The van der Waals surface area contributed by atoms with Gasteiger partial charge >= 0.3 is 0 Å². The highest BCUT2D eigenvalue weighted by Crippen LogP contribution is 2.30. The summed E-state index contributed by atoms with van der Waals surface area (Å²) >= 11 is 0. The normalized spacial score (nSPS) is 14.9. The standard InChI is InChI=1S/C9H11NO/c10-8-4-6-2-1-3-7(6)5-9(8)11/h4-5,11H,1-3,10H2. The molecular formula is C9H11NO. The smallest absolute Gasteiger partial charge is 0.138 e. The Bertz CT molecular complexity index is 265. The number of fused-ring (bicyclic) bond motifs is 1. The van der Waals surface area contributed by atoms with E-state index in [0.717, 1.165) is 12.8 Å². The minimum absolute atomic E-state index is 0.227. The Labute approximate surface area is 65.7 Å². The van der Waals surface area contributed by atoms with Crippen molar-refractivity contribution in [2.45, 2.75) is 19.3 Å². The highest BCUT2D eigenvalue weighted by molar-refractivity contribution is 5.57. The number of nitrogen functional groups attached to an aromatic ring is 1. The Morgan fingerprint density at radius 3 is 2.55 bits per heavy atom. The summed E-state index contributed by atoms with van der Waals surface area (Å²) in [5.74, 6) is 0.227. The molecule has 0 spiro atoms. The molecule has 11 heavy (non-hydrogen) atoms. The van der Waals surface area contributed by atoms with E-state index in [0.29, 0.717) is 5.69 Å². The van der Waals surface area contributed by atoms with Gasteiger partial charge < -0.3 is 10.8 Å². The lowest BCUT2D eigenvalue weighted by atomic mass is 10.1. The van der Waals surface area contributed by atoms with Gasteiger partial charge in [0.15, 0.2) is 0 Å². The number of phenols is 1. The number of hydrogen-bond donors (Lipinski definition) is 2. The van der Waals surface area contributed by atoms with E-state index in [2.05, 4.69) is 0 Å². The molecule has 0 amide bonds. The summed E-state index contributed by atoms with van der Waals surface area (Å²) < 4.78 is 0. The average Bonchev–Trinajstić information content (AvgIpc) is 2.36. The lowest BCUT2D eigenvalue weighted by Gasteiger charge is -2.02. The quantitative estimate of drug-likeness (QED) is 0.433. The van der Waals surface area contributed by atoms with Gasteiger partial charge in [0.25, 0.3) is 0 Å². The minimum atomic E-state index is 0.227. The fourth-order valence-electron chi connectivity index (χ4n) is 1.63. The van der Waals surface area contributed by atoms with Crippen LogP contribution in [0.4, 0.5) is 5.69 Å². The molecule has 0 atom stereocenters. The van der Waals surface area contributed by atoms with Crippen molar-refractivity contribution in [2.75, 3.05) is 5.73 Å². The van der Waals surface area contributed by atoms with Gasteiger partial charge in [0.2, 0.25) is 0 Å². The van der Waals surface area contributed by atoms with Crippen LogP contribution in [0.2, 0.25) is 0 Å². The van der Waals surface area contributed by atoms with Crippen molar-refractivity contribution >= 4 is 5.69 Å². The van der Waals surface area contributed by atoms with Crippen LogP contribution in [-0.2, 0) is 12.8 Å². The first-order valence-electron chi connectivity index (χ1n) is 3.87. The number of hydrogen-bond acceptors (Lipinski definition) is 2.